The Hall–Kier alpha value is -2.04. The van der Waals surface area contributed by atoms with Gasteiger partial charge >= 0.3 is 0 Å². The van der Waals surface area contributed by atoms with Crippen molar-refractivity contribution < 1.29 is 13.2 Å². The highest BCUT2D eigenvalue weighted by atomic mass is 32.2. The lowest BCUT2D eigenvalue weighted by Crippen LogP contribution is -2.38. The first-order chi connectivity index (χ1) is 14.4. The summed E-state index contributed by atoms with van der Waals surface area (Å²) in [4.78, 5) is 12.8. The first-order valence-electron chi connectivity index (χ1n) is 10.4. The number of aromatic nitrogens is 3. The van der Waals surface area contributed by atoms with E-state index in [-0.39, 0.29) is 23.4 Å². The standard InChI is InChI=1S/C20H27N5O3S2/c1-24(15-7-3-2-4-8-15)30(27,28)17-9-5-6-14(12-17)19(26)21-13-18-22-23-20(29)25(18)16-10-11-16/h5-6,9,12,15-16H,2-4,7-8,10-11,13H2,1H3,(H,21,26)(H,23,29). The number of sulfonamides is 1. The van der Waals surface area contributed by atoms with Crippen LogP contribution in [0.2, 0.25) is 0 Å². The Kier molecular flexibility index (Phi) is 6.08. The maximum Gasteiger partial charge on any atom is 0.251 e. The van der Waals surface area contributed by atoms with Crippen molar-refractivity contribution in [2.24, 2.45) is 0 Å². The van der Waals surface area contributed by atoms with Gasteiger partial charge in [0.25, 0.3) is 5.91 Å². The lowest BCUT2D eigenvalue weighted by atomic mass is 9.96. The number of hydrogen-bond donors (Lipinski definition) is 2. The molecule has 2 aliphatic carbocycles. The minimum Gasteiger partial charge on any atom is -0.345 e. The molecular weight excluding hydrogens is 422 g/mol. The summed E-state index contributed by atoms with van der Waals surface area (Å²) in [6, 6.07) is 6.59. The summed E-state index contributed by atoms with van der Waals surface area (Å²) in [5, 5.41) is 9.80. The Bertz CT molecular complexity index is 1080. The van der Waals surface area contributed by atoms with Crippen molar-refractivity contribution in [2.45, 2.75) is 68.5 Å². The minimum atomic E-state index is -3.65. The molecule has 1 aromatic heterocycles. The van der Waals surface area contributed by atoms with Crippen LogP contribution in [-0.2, 0) is 16.6 Å². The molecule has 1 aromatic carbocycles. The quantitative estimate of drug-likeness (QED) is 0.633. The van der Waals surface area contributed by atoms with E-state index >= 15 is 0 Å². The van der Waals surface area contributed by atoms with Crippen LogP contribution in [0.15, 0.2) is 29.2 Å². The van der Waals surface area contributed by atoms with Crippen molar-refractivity contribution in [2.75, 3.05) is 7.05 Å². The van der Waals surface area contributed by atoms with E-state index in [4.69, 9.17) is 12.2 Å². The summed E-state index contributed by atoms with van der Waals surface area (Å²) in [7, 11) is -2.01. The zero-order chi connectivity index (χ0) is 21.3. The van der Waals surface area contributed by atoms with Gasteiger partial charge in [0.15, 0.2) is 10.6 Å². The lowest BCUT2D eigenvalue weighted by Gasteiger charge is -2.30. The zero-order valence-electron chi connectivity index (χ0n) is 17.0. The van der Waals surface area contributed by atoms with Crippen LogP contribution in [0.5, 0.6) is 0 Å². The van der Waals surface area contributed by atoms with E-state index < -0.39 is 10.0 Å². The van der Waals surface area contributed by atoms with Crippen molar-refractivity contribution in [1.82, 2.24) is 24.4 Å². The molecule has 0 bridgehead atoms. The van der Waals surface area contributed by atoms with E-state index in [1.165, 1.54) is 10.4 Å². The minimum absolute atomic E-state index is 0.0198. The number of nitrogens with one attached hydrogen (secondary N) is 2. The average Bonchev–Trinajstić information content (AvgIpc) is 3.54. The number of H-pyrrole nitrogens is 1. The smallest absolute Gasteiger partial charge is 0.251 e. The second-order valence-electron chi connectivity index (χ2n) is 8.07. The molecule has 0 atom stereocenters. The number of hydrogen-bond acceptors (Lipinski definition) is 5. The summed E-state index contributed by atoms with van der Waals surface area (Å²) in [5.74, 6) is 0.334. The van der Waals surface area contributed by atoms with E-state index in [0.717, 1.165) is 44.9 Å². The molecule has 0 saturated heterocycles. The van der Waals surface area contributed by atoms with Gasteiger partial charge < -0.3 is 5.32 Å². The molecule has 2 saturated carbocycles. The van der Waals surface area contributed by atoms with Gasteiger partial charge in [0, 0.05) is 24.7 Å². The molecule has 0 unspecified atom stereocenters. The predicted molar refractivity (Wildman–Crippen MR) is 115 cm³/mol. The van der Waals surface area contributed by atoms with Crippen LogP contribution >= 0.6 is 12.2 Å². The van der Waals surface area contributed by atoms with Gasteiger partial charge in [-0.25, -0.2) is 8.42 Å². The summed E-state index contributed by atoms with van der Waals surface area (Å²) in [5.41, 5.74) is 0.306. The van der Waals surface area contributed by atoms with Crippen molar-refractivity contribution >= 4 is 28.1 Å². The Morgan fingerprint density at radius 3 is 2.70 bits per heavy atom. The first kappa shape index (κ1) is 21.2. The Morgan fingerprint density at radius 1 is 1.27 bits per heavy atom. The highest BCUT2D eigenvalue weighted by molar-refractivity contribution is 7.89. The number of aromatic amines is 1. The fourth-order valence-corrected chi connectivity index (χ4v) is 5.80. The maximum atomic E-state index is 13.1. The molecule has 4 rings (SSSR count). The molecule has 2 aliphatic rings. The molecule has 0 spiro atoms. The molecule has 2 fully saturated rings. The number of rotatable bonds is 7. The largest absolute Gasteiger partial charge is 0.345 e. The monoisotopic (exact) mass is 449 g/mol. The van der Waals surface area contributed by atoms with E-state index in [1.54, 1.807) is 25.2 Å². The summed E-state index contributed by atoms with van der Waals surface area (Å²) >= 11 is 5.26. The highest BCUT2D eigenvalue weighted by Gasteiger charge is 2.30. The summed E-state index contributed by atoms with van der Waals surface area (Å²) < 4.78 is 30.1. The maximum absolute atomic E-state index is 13.1. The molecule has 2 N–H and O–H groups in total. The predicted octanol–water partition coefficient (Wildman–Crippen LogP) is 3.16. The van der Waals surface area contributed by atoms with Crippen LogP contribution in [-0.4, -0.2) is 46.5 Å². The van der Waals surface area contributed by atoms with Crippen molar-refractivity contribution in [3.8, 4) is 0 Å². The first-order valence-corrected chi connectivity index (χ1v) is 12.2. The summed E-state index contributed by atoms with van der Waals surface area (Å²) in [6.45, 7) is 0.224. The third-order valence-corrected chi connectivity index (χ3v) is 8.15. The summed E-state index contributed by atoms with van der Waals surface area (Å²) in [6.07, 6.45) is 7.13. The van der Waals surface area contributed by atoms with E-state index in [2.05, 4.69) is 15.5 Å². The average molecular weight is 450 g/mol. The molecule has 0 radical (unpaired) electrons. The number of carbonyl (C=O) groups excluding carboxylic acids is 1. The SMILES string of the molecule is CN(C1CCCCC1)S(=O)(=O)c1cccc(C(=O)NCc2n[nH]c(=S)n2C2CC2)c1. The fourth-order valence-electron chi connectivity index (χ4n) is 4.04. The molecule has 162 valence electrons. The topological polar surface area (TPSA) is 100 Å². The van der Waals surface area contributed by atoms with E-state index in [1.807, 2.05) is 4.57 Å². The number of carbonyl (C=O) groups is 1. The van der Waals surface area contributed by atoms with Gasteiger partial charge in [-0.05, 0) is 56.1 Å². The molecule has 10 heteroatoms. The van der Waals surface area contributed by atoms with E-state index in [0.29, 0.717) is 22.2 Å². The molecule has 30 heavy (non-hydrogen) atoms. The zero-order valence-corrected chi connectivity index (χ0v) is 18.6. The third-order valence-electron chi connectivity index (χ3n) is 5.96. The number of nitrogens with zero attached hydrogens (tertiary/aromatic N) is 3. The Morgan fingerprint density at radius 2 is 2.00 bits per heavy atom. The second-order valence-corrected chi connectivity index (χ2v) is 10.5. The van der Waals surface area contributed by atoms with Gasteiger partial charge in [-0.3, -0.25) is 14.5 Å². The van der Waals surface area contributed by atoms with Crippen molar-refractivity contribution in [3.05, 3.63) is 40.4 Å². The van der Waals surface area contributed by atoms with Gasteiger partial charge in [-0.15, -0.1) is 0 Å². The molecule has 8 nitrogen and oxygen atoms in total. The van der Waals surface area contributed by atoms with Crippen LogP contribution in [0.1, 0.15) is 67.2 Å². The van der Waals surface area contributed by atoms with Crippen LogP contribution in [0.3, 0.4) is 0 Å². The second kappa shape index (κ2) is 8.60. The van der Waals surface area contributed by atoms with Crippen LogP contribution < -0.4 is 5.32 Å². The van der Waals surface area contributed by atoms with Crippen LogP contribution in [0.4, 0.5) is 0 Å². The van der Waals surface area contributed by atoms with Crippen LogP contribution in [0, 0.1) is 4.77 Å². The fraction of sp³-hybridized carbons (Fsp3) is 0.550. The number of benzene rings is 1. The highest BCUT2D eigenvalue weighted by Crippen LogP contribution is 2.35. The Labute approximate surface area is 181 Å². The van der Waals surface area contributed by atoms with Gasteiger partial charge in [0.2, 0.25) is 10.0 Å². The molecule has 1 amide bonds. The molecule has 2 aromatic rings. The van der Waals surface area contributed by atoms with Gasteiger partial charge in [0.1, 0.15) is 0 Å². The van der Waals surface area contributed by atoms with Gasteiger partial charge in [0.05, 0.1) is 11.4 Å². The van der Waals surface area contributed by atoms with Gasteiger partial charge in [-0.2, -0.15) is 9.40 Å². The lowest BCUT2D eigenvalue weighted by molar-refractivity contribution is 0.0949. The van der Waals surface area contributed by atoms with Crippen molar-refractivity contribution in [1.29, 1.82) is 0 Å². The van der Waals surface area contributed by atoms with Crippen molar-refractivity contribution in [3.63, 3.8) is 0 Å². The molecule has 1 heterocycles. The number of amides is 1. The van der Waals surface area contributed by atoms with E-state index in [9.17, 15) is 13.2 Å². The third kappa shape index (κ3) is 4.35. The van der Waals surface area contributed by atoms with Gasteiger partial charge in [-0.1, -0.05) is 25.3 Å². The Balaban J connectivity index is 1.47. The molecule has 0 aliphatic heterocycles. The van der Waals surface area contributed by atoms with Crippen LogP contribution in [0.25, 0.3) is 0 Å². The molecular formula is C20H27N5O3S2. The normalized spacial score (nSPS) is 17.9.